The van der Waals surface area contributed by atoms with E-state index in [0.29, 0.717) is 4.86 Å². The average molecular weight is 129 g/mol. The summed E-state index contributed by atoms with van der Waals surface area (Å²) in [6.07, 6.45) is 1.23. The van der Waals surface area contributed by atoms with E-state index in [1.54, 1.807) is 0 Å². The molecule has 0 amide bonds. The Morgan fingerprint density at radius 3 is 1.88 bits per heavy atom. The summed E-state index contributed by atoms with van der Waals surface area (Å²) >= 11 is 4.85. The second kappa shape index (κ2) is 2.35. The van der Waals surface area contributed by atoms with Crippen molar-refractivity contribution in [1.29, 1.82) is 5.41 Å². The van der Waals surface area contributed by atoms with Crippen LogP contribution in [0.25, 0.3) is 0 Å². The first-order chi connectivity index (χ1) is 3.48. The molecule has 0 spiro atoms. The fourth-order valence-corrected chi connectivity index (χ4v) is 0.217. The molecule has 0 atom stereocenters. The van der Waals surface area contributed by atoms with Crippen LogP contribution in [0.5, 0.6) is 0 Å². The van der Waals surface area contributed by atoms with Crippen LogP contribution < -0.4 is 0 Å². The summed E-state index contributed by atoms with van der Waals surface area (Å²) in [5.41, 5.74) is -0.00289. The largest absolute Gasteiger partial charge is 0.308 e. The zero-order valence-electron chi connectivity index (χ0n) is 5.49. The lowest BCUT2D eigenvalue weighted by molar-refractivity contribution is 0.607. The molecule has 0 saturated carbocycles. The molecule has 0 radical (unpaired) electrons. The van der Waals surface area contributed by atoms with Crippen molar-refractivity contribution in [3.05, 3.63) is 0 Å². The minimum atomic E-state index is -0.00289. The molecule has 0 aliphatic rings. The van der Waals surface area contributed by atoms with Gasteiger partial charge in [-0.3, -0.25) is 0 Å². The molecule has 0 aliphatic heterocycles. The van der Waals surface area contributed by atoms with Crippen LogP contribution in [0.2, 0.25) is 0 Å². The van der Waals surface area contributed by atoms with E-state index in [1.807, 2.05) is 20.8 Å². The Kier molecular flexibility index (Phi) is 2.28. The van der Waals surface area contributed by atoms with Crippen molar-refractivity contribution in [1.82, 2.24) is 0 Å². The first-order valence-corrected chi connectivity index (χ1v) is 2.94. The van der Waals surface area contributed by atoms with Gasteiger partial charge >= 0.3 is 0 Å². The Bertz CT molecular complexity index is 110. The predicted molar refractivity (Wildman–Crippen MR) is 40.8 cm³/mol. The monoisotopic (exact) mass is 129 g/mol. The molecule has 1 N–H and O–H groups in total. The molecule has 2 heteroatoms. The number of thiocarbonyl (C=S) groups is 1. The van der Waals surface area contributed by atoms with E-state index in [0.717, 1.165) is 0 Å². The molecule has 0 saturated heterocycles. The van der Waals surface area contributed by atoms with Gasteiger partial charge in [-0.05, 0) is 5.41 Å². The van der Waals surface area contributed by atoms with Crippen LogP contribution in [0.1, 0.15) is 20.8 Å². The summed E-state index contributed by atoms with van der Waals surface area (Å²) in [6, 6.07) is 0. The van der Waals surface area contributed by atoms with E-state index < -0.39 is 0 Å². The topological polar surface area (TPSA) is 23.9 Å². The number of hydrogen-bond acceptors (Lipinski definition) is 2. The quantitative estimate of drug-likeness (QED) is 0.425. The van der Waals surface area contributed by atoms with Crippen molar-refractivity contribution < 1.29 is 0 Å². The third-order valence-corrected chi connectivity index (χ3v) is 1.60. The fourth-order valence-electron chi connectivity index (χ4n) is 0.217. The lowest BCUT2D eigenvalue weighted by Gasteiger charge is -2.14. The molecule has 0 aliphatic carbocycles. The van der Waals surface area contributed by atoms with Crippen molar-refractivity contribution in [2.24, 2.45) is 5.41 Å². The lowest BCUT2D eigenvalue weighted by Crippen LogP contribution is -2.18. The molecular formula is C6H11NS. The van der Waals surface area contributed by atoms with E-state index in [4.69, 9.17) is 17.6 Å². The third-order valence-electron chi connectivity index (χ3n) is 0.870. The van der Waals surface area contributed by atoms with Crippen LogP contribution in [-0.4, -0.2) is 11.1 Å². The molecule has 0 aromatic heterocycles. The predicted octanol–water partition coefficient (Wildman–Crippen LogP) is 2.05. The molecule has 0 fully saturated rings. The van der Waals surface area contributed by atoms with Gasteiger partial charge in [0.2, 0.25) is 0 Å². The van der Waals surface area contributed by atoms with Crippen molar-refractivity contribution >= 4 is 23.3 Å². The van der Waals surface area contributed by atoms with E-state index in [-0.39, 0.29) is 5.41 Å². The standard InChI is InChI=1S/C6H11NS/c1-6(2,3)5(8)4-7/h4,7H,1-3H3. The third kappa shape index (κ3) is 2.17. The zero-order chi connectivity index (χ0) is 6.78. The Labute approximate surface area is 55.6 Å². The molecule has 0 aromatic rings. The smallest absolute Gasteiger partial charge is 0.0381 e. The van der Waals surface area contributed by atoms with E-state index in [9.17, 15) is 0 Å². The fraction of sp³-hybridized carbons (Fsp3) is 0.667. The number of nitrogens with one attached hydrogen (secondary N) is 1. The van der Waals surface area contributed by atoms with Gasteiger partial charge in [-0.25, -0.2) is 0 Å². The second-order valence-electron chi connectivity index (χ2n) is 2.76. The molecule has 0 aromatic carbocycles. The van der Waals surface area contributed by atoms with E-state index in [1.165, 1.54) is 6.21 Å². The first-order valence-electron chi connectivity index (χ1n) is 2.53. The number of rotatable bonds is 1. The first kappa shape index (κ1) is 7.76. The van der Waals surface area contributed by atoms with Gasteiger partial charge in [-0.15, -0.1) is 0 Å². The summed E-state index contributed by atoms with van der Waals surface area (Å²) < 4.78 is 0. The number of hydrogen-bond donors (Lipinski definition) is 1. The van der Waals surface area contributed by atoms with Gasteiger partial charge in [0, 0.05) is 11.1 Å². The Morgan fingerprint density at radius 1 is 1.50 bits per heavy atom. The summed E-state index contributed by atoms with van der Waals surface area (Å²) in [5, 5.41) is 6.80. The minimum absolute atomic E-state index is 0.00289. The summed E-state index contributed by atoms with van der Waals surface area (Å²) in [7, 11) is 0. The SMILES string of the molecule is CC(C)(C)C(=S)C=N. The molecule has 0 heterocycles. The Balaban J connectivity index is 4.02. The van der Waals surface area contributed by atoms with Gasteiger partial charge in [-0.2, -0.15) is 0 Å². The van der Waals surface area contributed by atoms with Gasteiger partial charge in [-0.1, -0.05) is 33.0 Å². The van der Waals surface area contributed by atoms with Crippen LogP contribution in [0.15, 0.2) is 0 Å². The molecular weight excluding hydrogens is 118 g/mol. The highest BCUT2D eigenvalue weighted by Crippen LogP contribution is 2.13. The second-order valence-corrected chi connectivity index (χ2v) is 3.20. The maximum Gasteiger partial charge on any atom is 0.0381 e. The highest BCUT2D eigenvalue weighted by molar-refractivity contribution is 7.82. The summed E-state index contributed by atoms with van der Waals surface area (Å²) in [4.78, 5) is 0.706. The maximum atomic E-state index is 6.80. The van der Waals surface area contributed by atoms with E-state index >= 15 is 0 Å². The molecule has 0 bridgehead atoms. The van der Waals surface area contributed by atoms with Crippen LogP contribution in [0.3, 0.4) is 0 Å². The van der Waals surface area contributed by atoms with E-state index in [2.05, 4.69) is 0 Å². The molecule has 8 heavy (non-hydrogen) atoms. The van der Waals surface area contributed by atoms with Crippen molar-refractivity contribution in [3.63, 3.8) is 0 Å². The van der Waals surface area contributed by atoms with Crippen LogP contribution in [0.4, 0.5) is 0 Å². The van der Waals surface area contributed by atoms with Gasteiger partial charge in [0.05, 0.1) is 0 Å². The molecule has 1 nitrogen and oxygen atoms in total. The normalized spacial score (nSPS) is 10.9. The van der Waals surface area contributed by atoms with Crippen LogP contribution >= 0.6 is 12.2 Å². The average Bonchev–Trinajstić information content (AvgIpc) is 1.62. The van der Waals surface area contributed by atoms with Gasteiger partial charge in [0.25, 0.3) is 0 Å². The van der Waals surface area contributed by atoms with Crippen molar-refractivity contribution in [2.45, 2.75) is 20.8 Å². The highest BCUT2D eigenvalue weighted by atomic mass is 32.1. The van der Waals surface area contributed by atoms with Gasteiger partial charge < -0.3 is 5.41 Å². The minimum Gasteiger partial charge on any atom is -0.308 e. The van der Waals surface area contributed by atoms with Gasteiger partial charge in [0.15, 0.2) is 0 Å². The Hall–Kier alpha value is -0.240. The molecule has 46 valence electrons. The van der Waals surface area contributed by atoms with Crippen molar-refractivity contribution in [2.75, 3.05) is 0 Å². The summed E-state index contributed by atoms with van der Waals surface area (Å²) in [5.74, 6) is 0. The Morgan fingerprint density at radius 2 is 1.88 bits per heavy atom. The van der Waals surface area contributed by atoms with Gasteiger partial charge in [0.1, 0.15) is 0 Å². The van der Waals surface area contributed by atoms with Crippen molar-refractivity contribution in [3.8, 4) is 0 Å². The highest BCUT2D eigenvalue weighted by Gasteiger charge is 2.13. The maximum absolute atomic E-state index is 6.80. The van der Waals surface area contributed by atoms with Crippen LogP contribution in [0, 0.1) is 10.8 Å². The summed E-state index contributed by atoms with van der Waals surface area (Å²) in [6.45, 7) is 6.00. The lowest BCUT2D eigenvalue weighted by atomic mass is 9.93. The molecule has 0 unspecified atom stereocenters. The molecule has 0 rings (SSSR count). The zero-order valence-corrected chi connectivity index (χ0v) is 6.30. The van der Waals surface area contributed by atoms with Crippen LogP contribution in [-0.2, 0) is 0 Å².